The summed E-state index contributed by atoms with van der Waals surface area (Å²) in [5.41, 5.74) is 4.47. The Labute approximate surface area is 166 Å². The van der Waals surface area contributed by atoms with Gasteiger partial charge in [-0.05, 0) is 25.1 Å². The molecule has 1 aliphatic heterocycles. The van der Waals surface area contributed by atoms with Crippen LogP contribution in [-0.2, 0) is 0 Å². The Hall–Kier alpha value is -2.90. The van der Waals surface area contributed by atoms with Crippen LogP contribution < -0.4 is 15.8 Å². The largest absolute Gasteiger partial charge is 0.368 e. The lowest BCUT2D eigenvalue weighted by Crippen LogP contribution is -2.43. The maximum absolute atomic E-state index is 12.8. The van der Waals surface area contributed by atoms with Crippen LogP contribution in [0.1, 0.15) is 5.69 Å². The molecular weight excluding hydrogens is 376 g/mol. The van der Waals surface area contributed by atoms with Crippen LogP contribution in [0, 0.1) is 6.92 Å². The second-order valence-corrected chi connectivity index (χ2v) is 7.43. The summed E-state index contributed by atoms with van der Waals surface area (Å²) < 4.78 is 3.46. The number of hydrogen-bond acceptors (Lipinski definition) is 5. The molecule has 28 heavy (non-hydrogen) atoms. The van der Waals surface area contributed by atoms with E-state index in [4.69, 9.17) is 11.6 Å². The average molecular weight is 395 g/mol. The van der Waals surface area contributed by atoms with Crippen molar-refractivity contribution in [1.82, 2.24) is 24.1 Å². The molecule has 142 valence electrons. The molecule has 7 nitrogen and oxygen atoms in total. The quantitative estimate of drug-likeness (QED) is 0.565. The van der Waals surface area contributed by atoms with Crippen LogP contribution in [0.25, 0.3) is 22.6 Å². The van der Waals surface area contributed by atoms with Crippen LogP contribution in [0.5, 0.6) is 0 Å². The highest BCUT2D eigenvalue weighted by Gasteiger charge is 2.13. The van der Waals surface area contributed by atoms with E-state index >= 15 is 0 Å². The van der Waals surface area contributed by atoms with Gasteiger partial charge in [-0.2, -0.15) is 0 Å². The molecular formula is C20H19ClN6O. The molecule has 0 atom stereocenters. The molecule has 8 heteroatoms. The summed E-state index contributed by atoms with van der Waals surface area (Å²) in [4.78, 5) is 24.2. The monoisotopic (exact) mass is 394 g/mol. The maximum atomic E-state index is 12.8. The predicted molar refractivity (Wildman–Crippen MR) is 110 cm³/mol. The zero-order valence-corrected chi connectivity index (χ0v) is 16.1. The van der Waals surface area contributed by atoms with Gasteiger partial charge in [-0.3, -0.25) is 9.20 Å². The number of halogens is 1. The molecule has 0 spiro atoms. The molecule has 0 saturated carbocycles. The first-order valence-corrected chi connectivity index (χ1v) is 9.61. The lowest BCUT2D eigenvalue weighted by Gasteiger charge is -2.29. The van der Waals surface area contributed by atoms with Gasteiger partial charge in [0.15, 0.2) is 5.65 Å². The maximum Gasteiger partial charge on any atom is 0.258 e. The SMILES string of the molecule is Cc1cn2cc(-c3cc(=O)n4cc(N5CCNCC5)ccc4n3)cc(Cl)c2n1. The van der Waals surface area contributed by atoms with Gasteiger partial charge in [0.1, 0.15) is 5.65 Å². The van der Waals surface area contributed by atoms with Crippen molar-refractivity contribution in [3.05, 3.63) is 63.9 Å². The molecule has 0 aliphatic carbocycles. The minimum absolute atomic E-state index is 0.116. The fourth-order valence-electron chi connectivity index (χ4n) is 3.67. The molecule has 0 radical (unpaired) electrons. The summed E-state index contributed by atoms with van der Waals surface area (Å²) in [7, 11) is 0. The van der Waals surface area contributed by atoms with Crippen molar-refractivity contribution in [3.8, 4) is 11.3 Å². The molecule has 1 saturated heterocycles. The summed E-state index contributed by atoms with van der Waals surface area (Å²) in [5, 5.41) is 3.87. The zero-order valence-electron chi connectivity index (χ0n) is 15.4. The molecule has 5 heterocycles. The molecule has 0 bridgehead atoms. The van der Waals surface area contributed by atoms with E-state index < -0.39 is 0 Å². The highest BCUT2D eigenvalue weighted by molar-refractivity contribution is 6.33. The number of aromatic nitrogens is 4. The van der Waals surface area contributed by atoms with Crippen LogP contribution >= 0.6 is 11.6 Å². The number of hydrogen-bond donors (Lipinski definition) is 1. The van der Waals surface area contributed by atoms with Crippen molar-refractivity contribution in [1.29, 1.82) is 0 Å². The molecule has 0 aromatic carbocycles. The van der Waals surface area contributed by atoms with Gasteiger partial charge in [0.05, 0.1) is 22.1 Å². The number of piperazine rings is 1. The number of nitrogens with one attached hydrogen (secondary N) is 1. The van der Waals surface area contributed by atoms with Crippen molar-refractivity contribution >= 4 is 28.6 Å². The predicted octanol–water partition coefficient (Wildman–Crippen LogP) is 2.38. The molecule has 0 unspecified atom stereocenters. The summed E-state index contributed by atoms with van der Waals surface area (Å²) in [6.45, 7) is 5.66. The Morgan fingerprint density at radius 2 is 1.89 bits per heavy atom. The first-order chi connectivity index (χ1) is 13.6. The number of nitrogens with zero attached hydrogens (tertiary/aromatic N) is 5. The number of aryl methyl sites for hydroxylation is 1. The van der Waals surface area contributed by atoms with Crippen molar-refractivity contribution < 1.29 is 0 Å². The third-order valence-corrected chi connectivity index (χ3v) is 5.33. The second kappa shape index (κ2) is 6.61. The van der Waals surface area contributed by atoms with Gasteiger partial charge in [0.25, 0.3) is 5.56 Å². The van der Waals surface area contributed by atoms with Gasteiger partial charge in [0, 0.05) is 56.4 Å². The minimum atomic E-state index is -0.116. The Kier molecular flexibility index (Phi) is 4.07. The fourth-order valence-corrected chi connectivity index (χ4v) is 3.93. The third-order valence-electron chi connectivity index (χ3n) is 5.05. The molecule has 1 aliphatic rings. The van der Waals surface area contributed by atoms with E-state index in [1.54, 1.807) is 16.5 Å². The van der Waals surface area contributed by atoms with E-state index in [0.717, 1.165) is 43.1 Å². The lowest BCUT2D eigenvalue weighted by molar-refractivity contribution is 0.588. The second-order valence-electron chi connectivity index (χ2n) is 7.02. The summed E-state index contributed by atoms with van der Waals surface area (Å²) in [6, 6.07) is 7.27. The van der Waals surface area contributed by atoms with Crippen LogP contribution in [0.3, 0.4) is 0 Å². The molecule has 5 rings (SSSR count). The summed E-state index contributed by atoms with van der Waals surface area (Å²) >= 11 is 6.39. The Morgan fingerprint density at radius 3 is 2.71 bits per heavy atom. The third kappa shape index (κ3) is 2.93. The Balaban J connectivity index is 1.60. The van der Waals surface area contributed by atoms with E-state index in [1.807, 2.05) is 42.0 Å². The Bertz CT molecular complexity index is 1260. The van der Waals surface area contributed by atoms with Gasteiger partial charge in [-0.15, -0.1) is 0 Å². The van der Waals surface area contributed by atoms with Gasteiger partial charge in [-0.1, -0.05) is 11.6 Å². The van der Waals surface area contributed by atoms with Crippen molar-refractivity contribution in [3.63, 3.8) is 0 Å². The van der Waals surface area contributed by atoms with E-state index in [9.17, 15) is 4.79 Å². The molecule has 4 aromatic heterocycles. The summed E-state index contributed by atoms with van der Waals surface area (Å²) in [5.74, 6) is 0. The molecule has 0 amide bonds. The van der Waals surface area contributed by atoms with E-state index in [0.29, 0.717) is 22.0 Å². The van der Waals surface area contributed by atoms with Gasteiger partial charge < -0.3 is 14.6 Å². The van der Waals surface area contributed by atoms with E-state index in [-0.39, 0.29) is 5.56 Å². The van der Waals surface area contributed by atoms with Gasteiger partial charge in [-0.25, -0.2) is 9.97 Å². The normalized spacial score (nSPS) is 14.9. The average Bonchev–Trinajstić information content (AvgIpc) is 3.09. The Morgan fingerprint density at radius 1 is 1.07 bits per heavy atom. The van der Waals surface area contributed by atoms with Crippen LogP contribution in [0.2, 0.25) is 5.02 Å². The molecule has 4 aromatic rings. The highest BCUT2D eigenvalue weighted by Crippen LogP contribution is 2.25. The number of rotatable bonds is 2. The van der Waals surface area contributed by atoms with Crippen molar-refractivity contribution in [2.75, 3.05) is 31.1 Å². The number of fused-ring (bicyclic) bond motifs is 2. The van der Waals surface area contributed by atoms with Crippen LogP contribution in [-0.4, -0.2) is 44.9 Å². The van der Waals surface area contributed by atoms with E-state index in [1.165, 1.54) is 0 Å². The standard InChI is InChI=1S/C20H19ClN6O/c1-13-10-26-11-14(8-16(21)20(26)23-13)17-9-19(28)27-12-15(2-3-18(27)24-17)25-6-4-22-5-7-25/h2-3,8-12,22H,4-7H2,1H3. The zero-order chi connectivity index (χ0) is 19.3. The van der Waals surface area contributed by atoms with Crippen molar-refractivity contribution in [2.24, 2.45) is 0 Å². The summed E-state index contributed by atoms with van der Waals surface area (Å²) in [6.07, 6.45) is 5.67. The van der Waals surface area contributed by atoms with Crippen LogP contribution in [0.15, 0.2) is 47.7 Å². The van der Waals surface area contributed by atoms with Gasteiger partial charge >= 0.3 is 0 Å². The highest BCUT2D eigenvalue weighted by atomic mass is 35.5. The van der Waals surface area contributed by atoms with Crippen LogP contribution in [0.4, 0.5) is 5.69 Å². The van der Waals surface area contributed by atoms with Gasteiger partial charge in [0.2, 0.25) is 0 Å². The molecule has 1 fully saturated rings. The fraction of sp³-hybridized carbons (Fsp3) is 0.250. The molecule has 1 N–H and O–H groups in total. The first kappa shape index (κ1) is 17.2. The minimum Gasteiger partial charge on any atom is -0.368 e. The first-order valence-electron chi connectivity index (χ1n) is 9.23. The number of imidazole rings is 1. The number of pyridine rings is 2. The smallest absolute Gasteiger partial charge is 0.258 e. The lowest BCUT2D eigenvalue weighted by atomic mass is 10.2. The van der Waals surface area contributed by atoms with E-state index in [2.05, 4.69) is 20.2 Å². The van der Waals surface area contributed by atoms with Crippen molar-refractivity contribution in [2.45, 2.75) is 6.92 Å². The topological polar surface area (TPSA) is 66.9 Å². The number of anilines is 1.